The number of halogens is 1. The quantitative estimate of drug-likeness (QED) is 0.218. The maximum atomic E-state index is 13.4. The van der Waals surface area contributed by atoms with Gasteiger partial charge in [-0.1, -0.05) is 74.3 Å². The molecular weight excluding hydrogens is 518 g/mol. The molecule has 0 spiro atoms. The summed E-state index contributed by atoms with van der Waals surface area (Å²) < 4.78 is 0. The maximum Gasteiger partial charge on any atom is 0.251 e. The van der Waals surface area contributed by atoms with Crippen molar-refractivity contribution in [1.29, 1.82) is 0 Å². The van der Waals surface area contributed by atoms with E-state index in [1.807, 2.05) is 42.5 Å². The van der Waals surface area contributed by atoms with Crippen LogP contribution in [0, 0.1) is 23.7 Å². The molecule has 3 aromatic carbocycles. The van der Waals surface area contributed by atoms with Crippen molar-refractivity contribution in [2.24, 2.45) is 23.7 Å². The second-order valence-corrected chi connectivity index (χ2v) is 12.7. The number of aliphatic hydroxyl groups excluding tert-OH is 1. The summed E-state index contributed by atoms with van der Waals surface area (Å²) in [6, 6.07) is 21.9. The summed E-state index contributed by atoms with van der Waals surface area (Å²) in [4.78, 5) is 13.4. The SMILES string of the molecule is CC(C)[C@H](NC(=O)c1ccc2[nH]nc(-c3ccc(CC4CC5CCC4CC(O)C5)cc3)c2c1)c1ccccc1Cl. The van der Waals surface area contributed by atoms with E-state index in [1.54, 1.807) is 0 Å². The van der Waals surface area contributed by atoms with Crippen molar-refractivity contribution < 1.29 is 9.90 Å². The third-order valence-corrected chi connectivity index (χ3v) is 9.52. The first kappa shape index (κ1) is 27.0. The van der Waals surface area contributed by atoms with E-state index >= 15 is 0 Å². The lowest BCUT2D eigenvalue weighted by molar-refractivity contribution is 0.0925. The van der Waals surface area contributed by atoms with Crippen LogP contribution in [0.2, 0.25) is 5.02 Å². The Morgan fingerprint density at radius 3 is 2.62 bits per heavy atom. The second kappa shape index (κ2) is 11.4. The summed E-state index contributed by atoms with van der Waals surface area (Å²) >= 11 is 6.47. The fraction of sp³-hybridized carbons (Fsp3) is 0.412. The Balaban J connectivity index is 1.20. The fourth-order valence-electron chi connectivity index (χ4n) is 7.06. The van der Waals surface area contributed by atoms with Gasteiger partial charge in [-0.25, -0.2) is 0 Å². The average Bonchev–Trinajstić information content (AvgIpc) is 3.20. The summed E-state index contributed by atoms with van der Waals surface area (Å²) in [7, 11) is 0. The third kappa shape index (κ3) is 5.55. The topological polar surface area (TPSA) is 78.0 Å². The zero-order valence-corrected chi connectivity index (χ0v) is 24.0. The number of aromatic nitrogens is 2. The van der Waals surface area contributed by atoms with Gasteiger partial charge in [-0.2, -0.15) is 5.10 Å². The maximum absolute atomic E-state index is 13.4. The van der Waals surface area contributed by atoms with Crippen LogP contribution >= 0.6 is 11.6 Å². The number of carbonyl (C=O) groups excluding carboxylic acids is 1. The first-order valence-corrected chi connectivity index (χ1v) is 15.0. The average molecular weight is 556 g/mol. The number of H-pyrrole nitrogens is 1. The van der Waals surface area contributed by atoms with Crippen LogP contribution in [0.25, 0.3) is 22.2 Å². The number of fused-ring (bicyclic) bond motifs is 5. The largest absolute Gasteiger partial charge is 0.393 e. The van der Waals surface area contributed by atoms with E-state index < -0.39 is 0 Å². The Bertz CT molecular complexity index is 1490. The second-order valence-electron chi connectivity index (χ2n) is 12.3. The molecule has 40 heavy (non-hydrogen) atoms. The number of hydrogen-bond donors (Lipinski definition) is 3. The molecule has 1 amide bonds. The lowest BCUT2D eigenvalue weighted by Gasteiger charge is -2.32. The number of nitrogens with one attached hydrogen (secondary N) is 2. The lowest BCUT2D eigenvalue weighted by atomic mass is 9.73. The van der Waals surface area contributed by atoms with Crippen molar-refractivity contribution in [1.82, 2.24) is 15.5 Å². The highest BCUT2D eigenvalue weighted by Gasteiger charge is 2.36. The molecule has 4 aromatic rings. The number of hydrogen-bond acceptors (Lipinski definition) is 3. The molecule has 0 aliphatic heterocycles. The molecule has 1 aromatic heterocycles. The van der Waals surface area contributed by atoms with Crippen molar-refractivity contribution in [2.75, 3.05) is 0 Å². The van der Waals surface area contributed by atoms with Crippen LogP contribution in [-0.4, -0.2) is 27.3 Å². The zero-order valence-electron chi connectivity index (χ0n) is 23.2. The predicted octanol–water partition coefficient (Wildman–Crippen LogP) is 7.74. The van der Waals surface area contributed by atoms with Crippen LogP contribution in [0.15, 0.2) is 66.7 Å². The van der Waals surface area contributed by atoms with Gasteiger partial charge in [0.1, 0.15) is 0 Å². The Morgan fingerprint density at radius 2 is 1.85 bits per heavy atom. The van der Waals surface area contributed by atoms with Crippen LogP contribution in [0.3, 0.4) is 0 Å². The Kier molecular flexibility index (Phi) is 7.69. The van der Waals surface area contributed by atoms with Crippen LogP contribution < -0.4 is 5.32 Å². The normalized spacial score (nSPS) is 23.3. The molecule has 5 nitrogen and oxygen atoms in total. The highest BCUT2D eigenvalue weighted by Crippen LogP contribution is 2.44. The molecule has 6 heteroatoms. The highest BCUT2D eigenvalue weighted by molar-refractivity contribution is 6.31. The highest BCUT2D eigenvalue weighted by atomic mass is 35.5. The van der Waals surface area contributed by atoms with Gasteiger partial charge in [-0.15, -0.1) is 0 Å². The third-order valence-electron chi connectivity index (χ3n) is 9.17. The molecule has 3 aliphatic carbocycles. The van der Waals surface area contributed by atoms with Crippen molar-refractivity contribution in [2.45, 2.75) is 64.5 Å². The van der Waals surface area contributed by atoms with Gasteiger partial charge in [-0.3, -0.25) is 9.89 Å². The molecule has 0 saturated heterocycles. The van der Waals surface area contributed by atoms with E-state index in [9.17, 15) is 9.90 Å². The number of aliphatic hydroxyl groups is 1. The standard InChI is InChI=1S/C34H38ClN3O2/c1-20(2)32(28-5-3-4-6-30(28)35)36-34(40)25-13-14-31-29(19-25)33(38-37-31)23-10-7-21(8-11-23)15-26-16-22-9-12-24(26)18-27(39)17-22/h3-8,10-11,13-14,19-20,22,24,26-27,32,39H,9,12,15-18H2,1-2H3,(H,36,40)(H,37,38)/t22?,24?,26?,27?,32-/m0/s1. The van der Waals surface area contributed by atoms with Crippen molar-refractivity contribution >= 4 is 28.4 Å². The van der Waals surface area contributed by atoms with Gasteiger partial charge >= 0.3 is 0 Å². The van der Waals surface area contributed by atoms with Crippen molar-refractivity contribution in [3.8, 4) is 11.3 Å². The van der Waals surface area contributed by atoms with Gasteiger partial charge in [0.2, 0.25) is 0 Å². The van der Waals surface area contributed by atoms with E-state index in [0.717, 1.165) is 47.0 Å². The number of carbonyl (C=O) groups is 1. The summed E-state index contributed by atoms with van der Waals surface area (Å²) in [6.07, 6.45) is 6.69. The summed E-state index contributed by atoms with van der Waals surface area (Å²) in [5.41, 5.74) is 5.63. The number of rotatable bonds is 7. The van der Waals surface area contributed by atoms with Gasteiger partial charge in [0.25, 0.3) is 5.91 Å². The van der Waals surface area contributed by atoms with E-state index in [-0.39, 0.29) is 24.0 Å². The van der Waals surface area contributed by atoms with Crippen molar-refractivity contribution in [3.63, 3.8) is 0 Å². The first-order chi connectivity index (χ1) is 19.4. The molecule has 5 atom stereocenters. The molecule has 0 radical (unpaired) electrons. The monoisotopic (exact) mass is 555 g/mol. The van der Waals surface area contributed by atoms with E-state index in [1.165, 1.54) is 24.8 Å². The Hall–Kier alpha value is -3.15. The molecule has 7 rings (SSSR count). The molecule has 3 N–H and O–H groups in total. The Labute approximate surface area is 241 Å². The fourth-order valence-corrected chi connectivity index (χ4v) is 7.31. The minimum Gasteiger partial charge on any atom is -0.393 e. The van der Waals surface area contributed by atoms with Crippen LogP contribution in [0.5, 0.6) is 0 Å². The van der Waals surface area contributed by atoms with E-state index in [0.29, 0.717) is 28.3 Å². The van der Waals surface area contributed by atoms with Gasteiger partial charge < -0.3 is 10.4 Å². The van der Waals surface area contributed by atoms with Gasteiger partial charge in [0.15, 0.2) is 0 Å². The lowest BCUT2D eigenvalue weighted by Crippen LogP contribution is -2.31. The molecule has 208 valence electrons. The molecule has 1 heterocycles. The summed E-state index contributed by atoms with van der Waals surface area (Å²) in [5, 5.41) is 22.8. The summed E-state index contributed by atoms with van der Waals surface area (Å²) in [6.45, 7) is 4.16. The van der Waals surface area contributed by atoms with E-state index in [4.69, 9.17) is 11.6 Å². The number of amides is 1. The molecule has 3 fully saturated rings. The van der Waals surface area contributed by atoms with Gasteiger partial charge in [0, 0.05) is 21.5 Å². The van der Waals surface area contributed by atoms with Crippen LogP contribution in [0.1, 0.15) is 73.5 Å². The number of nitrogens with zero attached hydrogens (tertiary/aromatic N) is 1. The smallest absolute Gasteiger partial charge is 0.251 e. The van der Waals surface area contributed by atoms with Gasteiger partial charge in [0.05, 0.1) is 23.4 Å². The van der Waals surface area contributed by atoms with Crippen LogP contribution in [0.4, 0.5) is 0 Å². The predicted molar refractivity (Wildman–Crippen MR) is 161 cm³/mol. The first-order valence-electron chi connectivity index (χ1n) is 14.7. The Morgan fingerprint density at radius 1 is 1.05 bits per heavy atom. The number of benzene rings is 3. The molecule has 2 bridgehead atoms. The minimum absolute atomic E-state index is 0.114. The summed E-state index contributed by atoms with van der Waals surface area (Å²) in [5.74, 6) is 2.02. The molecule has 3 aliphatic rings. The van der Waals surface area contributed by atoms with Gasteiger partial charge in [-0.05, 0) is 91.2 Å². The molecular formula is C34H38ClN3O2. The zero-order chi connectivity index (χ0) is 27.8. The van der Waals surface area contributed by atoms with E-state index in [2.05, 4.69) is 53.6 Å². The molecule has 4 unspecified atom stereocenters. The number of aromatic amines is 1. The minimum atomic E-state index is -0.194. The van der Waals surface area contributed by atoms with Crippen LogP contribution in [-0.2, 0) is 6.42 Å². The van der Waals surface area contributed by atoms with Crippen molar-refractivity contribution in [3.05, 3.63) is 88.4 Å². The molecule has 3 saturated carbocycles.